The summed E-state index contributed by atoms with van der Waals surface area (Å²) in [6.07, 6.45) is 1.72. The van der Waals surface area contributed by atoms with E-state index in [0.717, 1.165) is 18.8 Å². The molecule has 128 valence electrons. The number of hydrogen-bond donors (Lipinski definition) is 0. The van der Waals surface area contributed by atoms with Gasteiger partial charge in [-0.05, 0) is 23.8 Å². The minimum Gasteiger partial charge on any atom is -0.444 e. The molecule has 1 unspecified atom stereocenters. The Bertz CT molecular complexity index is 834. The van der Waals surface area contributed by atoms with Gasteiger partial charge >= 0.3 is 0 Å². The molecule has 0 spiro atoms. The van der Waals surface area contributed by atoms with Crippen molar-refractivity contribution in [3.8, 4) is 11.5 Å². The van der Waals surface area contributed by atoms with Gasteiger partial charge in [0, 0.05) is 25.2 Å². The molecule has 1 aromatic heterocycles. The second kappa shape index (κ2) is 7.17. The van der Waals surface area contributed by atoms with Gasteiger partial charge in [0.1, 0.15) is 12.1 Å². The smallest absolute Gasteiger partial charge is 0.226 e. The molecule has 4 rings (SSSR count). The second-order valence-corrected chi connectivity index (χ2v) is 6.16. The lowest BCUT2D eigenvalue weighted by Gasteiger charge is -2.32. The highest BCUT2D eigenvalue weighted by atomic mass is 19.1. The first-order valence-electron chi connectivity index (χ1n) is 8.37. The molecule has 1 aliphatic rings. The minimum atomic E-state index is -0.295. The van der Waals surface area contributed by atoms with Crippen molar-refractivity contribution < 1.29 is 13.5 Å². The van der Waals surface area contributed by atoms with E-state index < -0.39 is 0 Å². The SMILES string of the molecule is Fc1cccc(-c2nc(CN3CCOC(c4ccccc4)C3)co2)c1. The molecule has 25 heavy (non-hydrogen) atoms. The molecule has 1 atom stereocenters. The van der Waals surface area contributed by atoms with Crippen molar-refractivity contribution in [1.29, 1.82) is 0 Å². The van der Waals surface area contributed by atoms with Crippen LogP contribution >= 0.6 is 0 Å². The van der Waals surface area contributed by atoms with Crippen molar-refractivity contribution in [1.82, 2.24) is 9.88 Å². The molecule has 3 aromatic rings. The molecular weight excluding hydrogens is 319 g/mol. The van der Waals surface area contributed by atoms with E-state index in [2.05, 4.69) is 22.0 Å². The van der Waals surface area contributed by atoms with Gasteiger partial charge in [0.2, 0.25) is 5.89 Å². The molecular formula is C20H19FN2O2. The highest BCUT2D eigenvalue weighted by Gasteiger charge is 2.22. The van der Waals surface area contributed by atoms with Gasteiger partial charge < -0.3 is 9.15 Å². The molecule has 0 bridgehead atoms. The van der Waals surface area contributed by atoms with Gasteiger partial charge in [0.15, 0.2) is 0 Å². The molecule has 2 aromatic carbocycles. The average Bonchev–Trinajstić information content (AvgIpc) is 3.11. The van der Waals surface area contributed by atoms with Crippen LogP contribution in [0.2, 0.25) is 0 Å². The Morgan fingerprint density at radius 2 is 2.00 bits per heavy atom. The zero-order chi connectivity index (χ0) is 17.1. The third-order valence-electron chi connectivity index (χ3n) is 4.33. The van der Waals surface area contributed by atoms with Crippen molar-refractivity contribution in [3.63, 3.8) is 0 Å². The average molecular weight is 338 g/mol. The van der Waals surface area contributed by atoms with E-state index in [-0.39, 0.29) is 11.9 Å². The number of halogens is 1. The molecule has 0 N–H and O–H groups in total. The zero-order valence-electron chi connectivity index (χ0n) is 13.8. The summed E-state index contributed by atoms with van der Waals surface area (Å²) in [7, 11) is 0. The van der Waals surface area contributed by atoms with Crippen molar-refractivity contribution >= 4 is 0 Å². The molecule has 2 heterocycles. The summed E-state index contributed by atoms with van der Waals surface area (Å²) < 4.78 is 24.8. The number of oxazole rings is 1. The Balaban J connectivity index is 1.44. The van der Waals surface area contributed by atoms with Crippen LogP contribution in [0.1, 0.15) is 17.4 Å². The summed E-state index contributed by atoms with van der Waals surface area (Å²) in [4.78, 5) is 6.80. The lowest BCUT2D eigenvalue weighted by atomic mass is 10.1. The molecule has 4 nitrogen and oxygen atoms in total. The Morgan fingerprint density at radius 1 is 1.12 bits per heavy atom. The number of benzene rings is 2. The van der Waals surface area contributed by atoms with Crippen molar-refractivity contribution in [2.45, 2.75) is 12.6 Å². The molecule has 1 aliphatic heterocycles. The van der Waals surface area contributed by atoms with Crippen molar-refractivity contribution in [3.05, 3.63) is 77.9 Å². The predicted molar refractivity (Wildman–Crippen MR) is 92.3 cm³/mol. The maximum atomic E-state index is 13.3. The van der Waals surface area contributed by atoms with Crippen LogP contribution in [0.25, 0.3) is 11.5 Å². The quantitative estimate of drug-likeness (QED) is 0.719. The summed E-state index contributed by atoms with van der Waals surface area (Å²) in [5, 5.41) is 0. The summed E-state index contributed by atoms with van der Waals surface area (Å²) in [6.45, 7) is 3.04. The van der Waals surface area contributed by atoms with Crippen LogP contribution in [0.3, 0.4) is 0 Å². The normalized spacial score (nSPS) is 18.4. The van der Waals surface area contributed by atoms with Gasteiger partial charge in [-0.1, -0.05) is 36.4 Å². The maximum Gasteiger partial charge on any atom is 0.226 e. The summed E-state index contributed by atoms with van der Waals surface area (Å²) in [6, 6.07) is 16.5. The van der Waals surface area contributed by atoms with Crippen LogP contribution in [0.15, 0.2) is 65.3 Å². The highest BCUT2D eigenvalue weighted by molar-refractivity contribution is 5.52. The number of ether oxygens (including phenoxy) is 1. The fourth-order valence-electron chi connectivity index (χ4n) is 3.08. The third-order valence-corrected chi connectivity index (χ3v) is 4.33. The number of aromatic nitrogens is 1. The monoisotopic (exact) mass is 338 g/mol. The molecule has 0 amide bonds. The zero-order valence-corrected chi connectivity index (χ0v) is 13.8. The van der Waals surface area contributed by atoms with Crippen LogP contribution in [0.5, 0.6) is 0 Å². The van der Waals surface area contributed by atoms with E-state index in [9.17, 15) is 4.39 Å². The first-order valence-corrected chi connectivity index (χ1v) is 8.37. The van der Waals surface area contributed by atoms with E-state index in [1.165, 1.54) is 17.7 Å². The Morgan fingerprint density at radius 3 is 2.84 bits per heavy atom. The summed E-state index contributed by atoms with van der Waals surface area (Å²) in [5.41, 5.74) is 2.68. The fourth-order valence-corrected chi connectivity index (χ4v) is 3.08. The molecule has 1 fully saturated rings. The van der Waals surface area contributed by atoms with E-state index >= 15 is 0 Å². The summed E-state index contributed by atoms with van der Waals surface area (Å²) in [5.74, 6) is 0.151. The van der Waals surface area contributed by atoms with Gasteiger partial charge in [-0.25, -0.2) is 9.37 Å². The largest absolute Gasteiger partial charge is 0.444 e. The van der Waals surface area contributed by atoms with E-state index in [1.54, 1.807) is 18.4 Å². The first kappa shape index (κ1) is 16.0. The Labute approximate surface area is 145 Å². The van der Waals surface area contributed by atoms with Crippen LogP contribution < -0.4 is 0 Å². The van der Waals surface area contributed by atoms with E-state index in [1.807, 2.05) is 18.2 Å². The highest BCUT2D eigenvalue weighted by Crippen LogP contribution is 2.24. The number of hydrogen-bond acceptors (Lipinski definition) is 4. The van der Waals surface area contributed by atoms with Crippen LogP contribution in [0, 0.1) is 5.82 Å². The molecule has 5 heteroatoms. The topological polar surface area (TPSA) is 38.5 Å². The fraction of sp³-hybridized carbons (Fsp3) is 0.250. The van der Waals surface area contributed by atoms with Crippen LogP contribution in [0.4, 0.5) is 4.39 Å². The van der Waals surface area contributed by atoms with E-state index in [4.69, 9.17) is 9.15 Å². The van der Waals surface area contributed by atoms with Crippen LogP contribution in [-0.4, -0.2) is 29.6 Å². The van der Waals surface area contributed by atoms with Gasteiger partial charge in [0.05, 0.1) is 18.4 Å². The molecule has 0 aliphatic carbocycles. The third kappa shape index (κ3) is 3.78. The standard InChI is InChI=1S/C20H19FN2O2/c21-17-8-4-7-16(11-17)20-22-18(14-25-20)12-23-9-10-24-19(13-23)15-5-2-1-3-6-15/h1-8,11,14,19H,9-10,12-13H2. The maximum absolute atomic E-state index is 13.3. The second-order valence-electron chi connectivity index (χ2n) is 6.16. The molecule has 1 saturated heterocycles. The predicted octanol–water partition coefficient (Wildman–Crippen LogP) is 4.05. The first-order chi connectivity index (χ1) is 12.3. The lowest BCUT2D eigenvalue weighted by Crippen LogP contribution is -2.37. The van der Waals surface area contributed by atoms with Gasteiger partial charge in [-0.3, -0.25) is 4.90 Å². The van der Waals surface area contributed by atoms with Crippen molar-refractivity contribution in [2.24, 2.45) is 0 Å². The van der Waals surface area contributed by atoms with Gasteiger partial charge in [0.25, 0.3) is 0 Å². The van der Waals surface area contributed by atoms with Crippen LogP contribution in [-0.2, 0) is 11.3 Å². The van der Waals surface area contributed by atoms with Crippen molar-refractivity contribution in [2.75, 3.05) is 19.7 Å². The summed E-state index contributed by atoms with van der Waals surface area (Å²) >= 11 is 0. The number of nitrogens with zero attached hydrogens (tertiary/aromatic N) is 2. The lowest BCUT2D eigenvalue weighted by molar-refractivity contribution is -0.0332. The number of morpholine rings is 1. The van der Waals surface area contributed by atoms with E-state index in [0.29, 0.717) is 24.6 Å². The van der Waals surface area contributed by atoms with Gasteiger partial charge in [-0.15, -0.1) is 0 Å². The number of rotatable bonds is 4. The Kier molecular flexibility index (Phi) is 4.59. The van der Waals surface area contributed by atoms with Gasteiger partial charge in [-0.2, -0.15) is 0 Å². The molecule has 0 saturated carbocycles. The minimum absolute atomic E-state index is 0.0736. The molecule has 0 radical (unpaired) electrons. The Hall–Kier alpha value is -2.50.